The van der Waals surface area contributed by atoms with Crippen molar-refractivity contribution in [3.8, 4) is 0 Å². The molecule has 0 saturated heterocycles. The van der Waals surface area contributed by atoms with Crippen LogP contribution in [0, 0.1) is 6.92 Å². The van der Waals surface area contributed by atoms with Gasteiger partial charge < -0.3 is 20.3 Å². The molecule has 0 bridgehead atoms. The van der Waals surface area contributed by atoms with E-state index in [1.54, 1.807) is 6.92 Å². The lowest BCUT2D eigenvalue weighted by molar-refractivity contribution is -0.137. The quantitative estimate of drug-likeness (QED) is 0.686. The van der Waals surface area contributed by atoms with Crippen LogP contribution in [0.25, 0.3) is 0 Å². The first-order valence-electron chi connectivity index (χ1n) is 7.61. The highest BCUT2D eigenvalue weighted by Gasteiger charge is 2.26. The van der Waals surface area contributed by atoms with E-state index in [1.807, 2.05) is 0 Å². The van der Waals surface area contributed by atoms with Crippen LogP contribution in [0.4, 0.5) is 4.79 Å². The number of rotatable bonds is 6. The molecule has 2 amide bonds. The molecule has 1 aliphatic rings. The van der Waals surface area contributed by atoms with Gasteiger partial charge in [0.25, 0.3) is 0 Å². The number of carboxylic acids is 1. The number of hydrogen-bond donors (Lipinski definition) is 3. The van der Waals surface area contributed by atoms with E-state index >= 15 is 0 Å². The minimum Gasteiger partial charge on any atom is -0.481 e. The van der Waals surface area contributed by atoms with Gasteiger partial charge in [-0.1, -0.05) is 5.16 Å². The number of carbonyl (C=O) groups is 2. The summed E-state index contributed by atoms with van der Waals surface area (Å²) in [5.41, 5.74) is 0. The number of nitrogens with zero attached hydrogens (tertiary/aromatic N) is 2. The second-order valence-electron chi connectivity index (χ2n) is 5.63. The standard InChI is InChI=1S/C14H22N4O4/c1-9-16-13(22-18-9)10-4-6-11(7-5-10)17-14(21)15-8-2-3-12(19)20/h10-11H,2-8H2,1H3,(H,19,20)(H2,15,17,21). The van der Waals surface area contributed by atoms with Gasteiger partial charge in [0.1, 0.15) is 0 Å². The van der Waals surface area contributed by atoms with Crippen molar-refractivity contribution in [3.63, 3.8) is 0 Å². The number of nitrogens with one attached hydrogen (secondary N) is 2. The van der Waals surface area contributed by atoms with Crippen LogP contribution < -0.4 is 10.6 Å². The fourth-order valence-electron chi connectivity index (χ4n) is 2.64. The van der Waals surface area contributed by atoms with Crippen molar-refractivity contribution in [3.05, 3.63) is 11.7 Å². The molecule has 1 aromatic heterocycles. The van der Waals surface area contributed by atoms with E-state index in [2.05, 4.69) is 20.8 Å². The topological polar surface area (TPSA) is 117 Å². The summed E-state index contributed by atoms with van der Waals surface area (Å²) in [6.07, 6.45) is 4.06. The van der Waals surface area contributed by atoms with Gasteiger partial charge in [0.05, 0.1) is 0 Å². The van der Waals surface area contributed by atoms with Gasteiger partial charge in [0.2, 0.25) is 5.89 Å². The van der Waals surface area contributed by atoms with Gasteiger partial charge in [-0.25, -0.2) is 4.79 Å². The summed E-state index contributed by atoms with van der Waals surface area (Å²) < 4.78 is 5.20. The zero-order chi connectivity index (χ0) is 15.9. The molecule has 1 fully saturated rings. The summed E-state index contributed by atoms with van der Waals surface area (Å²) in [5.74, 6) is 0.764. The maximum Gasteiger partial charge on any atom is 0.315 e. The Morgan fingerprint density at radius 3 is 2.64 bits per heavy atom. The lowest BCUT2D eigenvalue weighted by atomic mass is 9.86. The average Bonchev–Trinajstić information content (AvgIpc) is 2.91. The van der Waals surface area contributed by atoms with Gasteiger partial charge in [-0.15, -0.1) is 0 Å². The Hall–Kier alpha value is -2.12. The smallest absolute Gasteiger partial charge is 0.315 e. The SMILES string of the molecule is Cc1noc(C2CCC(NC(=O)NCCCC(=O)O)CC2)n1. The molecule has 8 heteroatoms. The van der Waals surface area contributed by atoms with Crippen LogP contribution in [0.1, 0.15) is 56.2 Å². The number of hydrogen-bond acceptors (Lipinski definition) is 5. The maximum atomic E-state index is 11.7. The average molecular weight is 310 g/mol. The number of aryl methyl sites for hydroxylation is 1. The maximum absolute atomic E-state index is 11.7. The Morgan fingerprint density at radius 1 is 1.32 bits per heavy atom. The van der Waals surface area contributed by atoms with Crippen molar-refractivity contribution in [2.75, 3.05) is 6.54 Å². The highest BCUT2D eigenvalue weighted by atomic mass is 16.5. The molecule has 1 aromatic rings. The summed E-state index contributed by atoms with van der Waals surface area (Å²) in [6, 6.07) is -0.0952. The van der Waals surface area contributed by atoms with Crippen molar-refractivity contribution in [2.45, 2.75) is 57.4 Å². The minimum absolute atomic E-state index is 0.0645. The molecule has 0 aliphatic heterocycles. The number of aromatic nitrogens is 2. The highest BCUT2D eigenvalue weighted by molar-refractivity contribution is 5.74. The van der Waals surface area contributed by atoms with Crippen molar-refractivity contribution < 1.29 is 19.2 Å². The summed E-state index contributed by atoms with van der Waals surface area (Å²) >= 11 is 0. The zero-order valence-electron chi connectivity index (χ0n) is 12.7. The van der Waals surface area contributed by atoms with E-state index in [9.17, 15) is 9.59 Å². The number of carbonyl (C=O) groups excluding carboxylic acids is 1. The zero-order valence-corrected chi connectivity index (χ0v) is 12.7. The highest BCUT2D eigenvalue weighted by Crippen LogP contribution is 2.31. The second-order valence-corrected chi connectivity index (χ2v) is 5.63. The third-order valence-electron chi connectivity index (χ3n) is 3.81. The van der Waals surface area contributed by atoms with Gasteiger partial charge in [-0.3, -0.25) is 4.79 Å². The molecular formula is C14H22N4O4. The fourth-order valence-corrected chi connectivity index (χ4v) is 2.64. The normalized spacial score (nSPS) is 21.3. The second kappa shape index (κ2) is 7.77. The van der Waals surface area contributed by atoms with Crippen LogP contribution in [-0.4, -0.2) is 39.8 Å². The molecule has 0 unspecified atom stereocenters. The molecular weight excluding hydrogens is 288 g/mol. The van der Waals surface area contributed by atoms with Crippen molar-refractivity contribution in [1.82, 2.24) is 20.8 Å². The fraction of sp³-hybridized carbons (Fsp3) is 0.714. The van der Waals surface area contributed by atoms with Gasteiger partial charge in [-0.05, 0) is 39.0 Å². The summed E-state index contributed by atoms with van der Waals surface area (Å²) in [5, 5.41) is 17.9. The third-order valence-corrected chi connectivity index (χ3v) is 3.81. The molecule has 122 valence electrons. The van der Waals surface area contributed by atoms with E-state index in [1.165, 1.54) is 0 Å². The van der Waals surface area contributed by atoms with Crippen LogP contribution in [0.3, 0.4) is 0 Å². The molecule has 1 saturated carbocycles. The predicted octanol–water partition coefficient (Wildman–Crippen LogP) is 1.57. The van der Waals surface area contributed by atoms with Gasteiger partial charge in [0, 0.05) is 24.9 Å². The van der Waals surface area contributed by atoms with Crippen molar-refractivity contribution in [2.24, 2.45) is 0 Å². The molecule has 1 aliphatic carbocycles. The molecule has 1 heterocycles. The van der Waals surface area contributed by atoms with Gasteiger partial charge >= 0.3 is 12.0 Å². The monoisotopic (exact) mass is 310 g/mol. The molecule has 0 atom stereocenters. The van der Waals surface area contributed by atoms with Crippen molar-refractivity contribution >= 4 is 12.0 Å². The number of urea groups is 1. The summed E-state index contributed by atoms with van der Waals surface area (Å²) in [4.78, 5) is 26.3. The Kier molecular flexibility index (Phi) is 5.74. The van der Waals surface area contributed by atoms with Crippen LogP contribution in [0.2, 0.25) is 0 Å². The van der Waals surface area contributed by atoms with E-state index in [4.69, 9.17) is 9.63 Å². The molecule has 22 heavy (non-hydrogen) atoms. The van der Waals surface area contributed by atoms with E-state index in [0.29, 0.717) is 24.7 Å². The van der Waals surface area contributed by atoms with E-state index in [-0.39, 0.29) is 24.4 Å². The van der Waals surface area contributed by atoms with E-state index in [0.717, 1.165) is 25.7 Å². The van der Waals surface area contributed by atoms with E-state index < -0.39 is 5.97 Å². The molecule has 2 rings (SSSR count). The van der Waals surface area contributed by atoms with Crippen LogP contribution in [0.5, 0.6) is 0 Å². The Morgan fingerprint density at radius 2 is 2.05 bits per heavy atom. The lowest BCUT2D eigenvalue weighted by Gasteiger charge is -2.27. The molecule has 0 spiro atoms. The van der Waals surface area contributed by atoms with Crippen LogP contribution in [-0.2, 0) is 4.79 Å². The lowest BCUT2D eigenvalue weighted by Crippen LogP contribution is -2.43. The summed E-state index contributed by atoms with van der Waals surface area (Å²) in [7, 11) is 0. The largest absolute Gasteiger partial charge is 0.481 e. The Balaban J connectivity index is 1.64. The molecule has 0 radical (unpaired) electrons. The Labute approximate surface area is 128 Å². The van der Waals surface area contributed by atoms with Gasteiger partial charge in [0.15, 0.2) is 5.82 Å². The third kappa shape index (κ3) is 5.01. The van der Waals surface area contributed by atoms with Crippen LogP contribution >= 0.6 is 0 Å². The number of carboxylic acid groups (broad SMARTS) is 1. The molecule has 3 N–H and O–H groups in total. The first kappa shape index (κ1) is 16.3. The predicted molar refractivity (Wildman–Crippen MR) is 77.4 cm³/mol. The first-order valence-corrected chi connectivity index (χ1v) is 7.61. The molecule has 0 aromatic carbocycles. The minimum atomic E-state index is -0.850. The van der Waals surface area contributed by atoms with Crippen LogP contribution in [0.15, 0.2) is 4.52 Å². The Bertz CT molecular complexity index is 509. The molecule has 8 nitrogen and oxygen atoms in total. The first-order chi connectivity index (χ1) is 10.5. The summed E-state index contributed by atoms with van der Waals surface area (Å²) in [6.45, 7) is 2.17. The number of amides is 2. The number of aliphatic carboxylic acids is 1. The van der Waals surface area contributed by atoms with Gasteiger partial charge in [-0.2, -0.15) is 4.98 Å². The van der Waals surface area contributed by atoms with Crippen molar-refractivity contribution in [1.29, 1.82) is 0 Å².